The van der Waals surface area contributed by atoms with E-state index >= 15 is 0 Å². The summed E-state index contributed by atoms with van der Waals surface area (Å²) in [4.78, 5) is 5.73. The zero-order valence-electron chi connectivity index (χ0n) is 13.0. The van der Waals surface area contributed by atoms with Gasteiger partial charge in [0.15, 0.2) is 0 Å². The zero-order chi connectivity index (χ0) is 15.1. The van der Waals surface area contributed by atoms with Crippen molar-refractivity contribution in [2.45, 2.75) is 44.2 Å². The van der Waals surface area contributed by atoms with E-state index in [1.165, 1.54) is 10.5 Å². The number of thioether (sulfide) groups is 1. The quantitative estimate of drug-likeness (QED) is 0.760. The summed E-state index contributed by atoms with van der Waals surface area (Å²) < 4.78 is 2.01. The molecule has 0 aliphatic heterocycles. The van der Waals surface area contributed by atoms with Crippen LogP contribution in [-0.4, -0.2) is 27.6 Å². The van der Waals surface area contributed by atoms with Crippen LogP contribution in [0.4, 0.5) is 0 Å². The molecular formula is C16H24N4S. The molecule has 1 aromatic carbocycles. The van der Waals surface area contributed by atoms with Gasteiger partial charge in [0.1, 0.15) is 12.2 Å². The molecule has 1 unspecified atom stereocenters. The van der Waals surface area contributed by atoms with Crippen molar-refractivity contribution in [2.75, 3.05) is 12.8 Å². The Labute approximate surface area is 131 Å². The lowest BCUT2D eigenvalue weighted by atomic mass is 10.0. The predicted molar refractivity (Wildman–Crippen MR) is 88.7 cm³/mol. The Morgan fingerprint density at radius 3 is 2.62 bits per heavy atom. The Balaban J connectivity index is 2.10. The molecular weight excluding hydrogens is 280 g/mol. The van der Waals surface area contributed by atoms with E-state index in [9.17, 15) is 0 Å². The molecule has 2 aromatic rings. The van der Waals surface area contributed by atoms with Crippen LogP contribution in [0.3, 0.4) is 0 Å². The smallest absolute Gasteiger partial charge is 0.138 e. The molecule has 0 aliphatic rings. The molecule has 5 heteroatoms. The predicted octanol–water partition coefficient (Wildman–Crippen LogP) is 3.30. The maximum absolute atomic E-state index is 4.40. The fourth-order valence-electron chi connectivity index (χ4n) is 2.38. The first-order valence-electron chi connectivity index (χ1n) is 7.55. The average molecular weight is 304 g/mol. The minimum absolute atomic E-state index is 0.269. The third-order valence-corrected chi connectivity index (χ3v) is 4.35. The number of hydrogen-bond acceptors (Lipinski definition) is 4. The Morgan fingerprint density at radius 2 is 2.00 bits per heavy atom. The number of benzene rings is 1. The van der Waals surface area contributed by atoms with Gasteiger partial charge in [-0.05, 0) is 36.9 Å². The molecule has 0 spiro atoms. The highest BCUT2D eigenvalue weighted by Gasteiger charge is 2.14. The number of nitrogens with one attached hydrogen (secondary N) is 1. The van der Waals surface area contributed by atoms with Crippen LogP contribution in [0.1, 0.15) is 37.7 Å². The normalized spacial score (nSPS) is 12.5. The first-order chi connectivity index (χ1) is 10.3. The van der Waals surface area contributed by atoms with Gasteiger partial charge in [0.2, 0.25) is 0 Å². The minimum Gasteiger partial charge on any atom is -0.313 e. The highest BCUT2D eigenvalue weighted by molar-refractivity contribution is 7.99. The second kappa shape index (κ2) is 8.20. The van der Waals surface area contributed by atoms with Crippen LogP contribution in [0.2, 0.25) is 0 Å². The van der Waals surface area contributed by atoms with E-state index in [4.69, 9.17) is 0 Å². The molecule has 114 valence electrons. The summed E-state index contributed by atoms with van der Waals surface area (Å²) in [5.41, 5.74) is 1.30. The number of rotatable bonds is 8. The van der Waals surface area contributed by atoms with Gasteiger partial charge >= 0.3 is 0 Å². The molecule has 0 fully saturated rings. The first-order valence-corrected chi connectivity index (χ1v) is 8.53. The highest BCUT2D eigenvalue weighted by Crippen LogP contribution is 2.22. The third-order valence-electron chi connectivity index (χ3n) is 3.46. The molecule has 4 nitrogen and oxygen atoms in total. The Kier molecular flexibility index (Phi) is 6.26. The second-order valence-corrected chi connectivity index (χ2v) is 6.28. The van der Waals surface area contributed by atoms with Gasteiger partial charge in [-0.3, -0.25) is 4.68 Å². The number of nitrogens with zero attached hydrogens (tertiary/aromatic N) is 3. The summed E-state index contributed by atoms with van der Waals surface area (Å²) >= 11 is 1.87. The van der Waals surface area contributed by atoms with Gasteiger partial charge < -0.3 is 5.32 Å². The molecule has 0 amide bonds. The van der Waals surface area contributed by atoms with Crippen LogP contribution in [0.5, 0.6) is 0 Å². The van der Waals surface area contributed by atoms with Crippen molar-refractivity contribution < 1.29 is 0 Å². The maximum atomic E-state index is 4.40. The average Bonchev–Trinajstić information content (AvgIpc) is 2.94. The van der Waals surface area contributed by atoms with Crippen molar-refractivity contribution in [3.8, 4) is 0 Å². The topological polar surface area (TPSA) is 42.7 Å². The molecule has 1 N–H and O–H groups in total. The van der Waals surface area contributed by atoms with Crippen molar-refractivity contribution in [1.82, 2.24) is 20.1 Å². The van der Waals surface area contributed by atoms with Crippen molar-refractivity contribution in [3.05, 3.63) is 42.0 Å². The molecule has 0 radical (unpaired) electrons. The van der Waals surface area contributed by atoms with Crippen LogP contribution in [0.25, 0.3) is 0 Å². The summed E-state index contributed by atoms with van der Waals surface area (Å²) in [6.07, 6.45) is 3.58. The fraction of sp³-hybridized carbons (Fsp3) is 0.500. The molecule has 21 heavy (non-hydrogen) atoms. The van der Waals surface area contributed by atoms with Crippen molar-refractivity contribution in [1.29, 1.82) is 0 Å². The number of hydrogen-bond donors (Lipinski definition) is 1. The van der Waals surface area contributed by atoms with E-state index in [1.807, 2.05) is 23.5 Å². The van der Waals surface area contributed by atoms with Crippen LogP contribution < -0.4 is 5.32 Å². The minimum atomic E-state index is 0.269. The van der Waals surface area contributed by atoms with E-state index in [2.05, 4.69) is 53.5 Å². The van der Waals surface area contributed by atoms with Crippen LogP contribution >= 0.6 is 11.8 Å². The number of aromatic nitrogens is 3. The van der Waals surface area contributed by atoms with E-state index in [0.29, 0.717) is 0 Å². The van der Waals surface area contributed by atoms with Gasteiger partial charge in [-0.1, -0.05) is 26.0 Å². The summed E-state index contributed by atoms with van der Waals surface area (Å²) in [5, 5.41) is 7.69. The van der Waals surface area contributed by atoms with Gasteiger partial charge in [-0.25, -0.2) is 4.98 Å². The molecule has 1 atom stereocenters. The van der Waals surface area contributed by atoms with E-state index < -0.39 is 0 Å². The van der Waals surface area contributed by atoms with Gasteiger partial charge in [-0.2, -0.15) is 5.10 Å². The van der Waals surface area contributed by atoms with E-state index in [0.717, 1.165) is 31.0 Å². The van der Waals surface area contributed by atoms with Crippen molar-refractivity contribution in [3.63, 3.8) is 0 Å². The maximum Gasteiger partial charge on any atom is 0.138 e. The number of aryl methyl sites for hydroxylation is 1. The monoisotopic (exact) mass is 304 g/mol. The summed E-state index contributed by atoms with van der Waals surface area (Å²) in [7, 11) is 2.00. The molecule has 0 bridgehead atoms. The lowest BCUT2D eigenvalue weighted by Gasteiger charge is -2.17. The van der Waals surface area contributed by atoms with Gasteiger partial charge in [-0.15, -0.1) is 11.8 Å². The molecule has 1 aromatic heterocycles. The molecule has 2 rings (SSSR count). The lowest BCUT2D eigenvalue weighted by Crippen LogP contribution is -2.21. The molecule has 0 saturated carbocycles. The van der Waals surface area contributed by atoms with Gasteiger partial charge in [0, 0.05) is 23.9 Å². The van der Waals surface area contributed by atoms with Crippen molar-refractivity contribution >= 4 is 11.8 Å². The van der Waals surface area contributed by atoms with E-state index in [-0.39, 0.29) is 6.04 Å². The lowest BCUT2D eigenvalue weighted by molar-refractivity contribution is 0.517. The standard InChI is InChI=1S/C16H24N4S/c1-4-10-20-16(18-12-19-20)11-15(17-3)13-6-8-14(9-7-13)21-5-2/h6-9,12,15,17H,4-5,10-11H2,1-3H3. The zero-order valence-corrected chi connectivity index (χ0v) is 13.9. The summed E-state index contributed by atoms with van der Waals surface area (Å²) in [5.74, 6) is 2.15. The summed E-state index contributed by atoms with van der Waals surface area (Å²) in [6.45, 7) is 5.26. The number of likely N-dealkylation sites (N-methyl/N-ethyl adjacent to an activating group) is 1. The molecule has 0 aliphatic carbocycles. The Morgan fingerprint density at radius 1 is 1.24 bits per heavy atom. The van der Waals surface area contributed by atoms with Crippen LogP contribution in [0, 0.1) is 0 Å². The van der Waals surface area contributed by atoms with Crippen molar-refractivity contribution in [2.24, 2.45) is 0 Å². The fourth-order valence-corrected chi connectivity index (χ4v) is 3.04. The Bertz CT molecular complexity index is 535. The SMILES string of the molecule is CCCn1ncnc1CC(NC)c1ccc(SCC)cc1. The van der Waals surface area contributed by atoms with E-state index in [1.54, 1.807) is 6.33 Å². The third kappa shape index (κ3) is 4.32. The van der Waals surface area contributed by atoms with Gasteiger partial charge in [0.05, 0.1) is 0 Å². The molecule has 1 heterocycles. The van der Waals surface area contributed by atoms with Gasteiger partial charge in [0.25, 0.3) is 0 Å². The Hall–Kier alpha value is -1.33. The van der Waals surface area contributed by atoms with Crippen LogP contribution in [0.15, 0.2) is 35.5 Å². The van der Waals surface area contributed by atoms with Crippen LogP contribution in [-0.2, 0) is 13.0 Å². The second-order valence-electron chi connectivity index (χ2n) is 4.95. The summed E-state index contributed by atoms with van der Waals surface area (Å²) in [6, 6.07) is 9.08. The largest absolute Gasteiger partial charge is 0.313 e. The first kappa shape index (κ1) is 16.0. The molecule has 0 saturated heterocycles. The highest BCUT2D eigenvalue weighted by atomic mass is 32.2.